The zero-order chi connectivity index (χ0) is 13.0. The van der Waals surface area contributed by atoms with Gasteiger partial charge in [0.2, 0.25) is 0 Å². The highest BCUT2D eigenvalue weighted by atomic mass is 35.5. The fourth-order valence-electron chi connectivity index (χ4n) is 1.55. The van der Waals surface area contributed by atoms with Crippen LogP contribution in [0.1, 0.15) is 5.56 Å². The fourth-order valence-corrected chi connectivity index (χ4v) is 1.91. The van der Waals surface area contributed by atoms with E-state index in [1.54, 1.807) is 24.5 Å². The molecular formula is C13H12Cl2N2O. The topological polar surface area (TPSA) is 34.1 Å². The van der Waals surface area contributed by atoms with Gasteiger partial charge < -0.3 is 10.1 Å². The highest BCUT2D eigenvalue weighted by molar-refractivity contribution is 6.30. The second-order valence-electron chi connectivity index (χ2n) is 3.72. The van der Waals surface area contributed by atoms with E-state index in [1.165, 1.54) is 0 Å². The van der Waals surface area contributed by atoms with E-state index in [0.717, 1.165) is 11.3 Å². The molecule has 0 aliphatic carbocycles. The minimum absolute atomic E-state index is 0.539. The summed E-state index contributed by atoms with van der Waals surface area (Å²) in [6.45, 7) is 0.671. The normalized spacial score (nSPS) is 10.4. The summed E-state index contributed by atoms with van der Waals surface area (Å²) in [6.07, 6.45) is 3.18. The van der Waals surface area contributed by atoms with Gasteiger partial charge >= 0.3 is 0 Å². The zero-order valence-electron chi connectivity index (χ0n) is 9.78. The average molecular weight is 283 g/mol. The quantitative estimate of drug-likeness (QED) is 0.924. The molecule has 1 aromatic carbocycles. The Kier molecular flexibility index (Phi) is 4.42. The maximum atomic E-state index is 5.96. The van der Waals surface area contributed by atoms with Gasteiger partial charge in [0.15, 0.2) is 0 Å². The van der Waals surface area contributed by atoms with Crippen LogP contribution in [0.5, 0.6) is 11.5 Å². The molecule has 0 radical (unpaired) electrons. The number of nitrogens with zero attached hydrogens (tertiary/aromatic N) is 1. The van der Waals surface area contributed by atoms with Crippen molar-refractivity contribution in [1.29, 1.82) is 0 Å². The Morgan fingerprint density at radius 2 is 2.00 bits per heavy atom. The average Bonchev–Trinajstić information content (AvgIpc) is 2.33. The van der Waals surface area contributed by atoms with Crippen molar-refractivity contribution < 1.29 is 4.74 Å². The van der Waals surface area contributed by atoms with Gasteiger partial charge in [-0.15, -0.1) is 0 Å². The van der Waals surface area contributed by atoms with Gasteiger partial charge in [0.1, 0.15) is 11.5 Å². The van der Waals surface area contributed by atoms with Crippen LogP contribution in [-0.4, -0.2) is 12.0 Å². The molecule has 2 rings (SSSR count). The predicted octanol–water partition coefficient (Wildman–Crippen LogP) is 3.90. The number of aromatic nitrogens is 1. The third-order valence-electron chi connectivity index (χ3n) is 2.30. The van der Waals surface area contributed by atoms with Gasteiger partial charge in [-0.1, -0.05) is 23.2 Å². The molecule has 0 aliphatic rings. The third kappa shape index (κ3) is 3.35. The lowest BCUT2D eigenvalue weighted by Gasteiger charge is -2.11. The van der Waals surface area contributed by atoms with Crippen molar-refractivity contribution in [3.63, 3.8) is 0 Å². The van der Waals surface area contributed by atoms with Crippen molar-refractivity contribution in [3.8, 4) is 11.5 Å². The smallest absolute Gasteiger partial charge is 0.147 e. The molecule has 2 aromatic rings. The minimum atomic E-state index is 0.539. The van der Waals surface area contributed by atoms with Crippen LogP contribution in [0.4, 0.5) is 0 Å². The lowest BCUT2D eigenvalue weighted by molar-refractivity contribution is 0.472. The maximum Gasteiger partial charge on any atom is 0.147 e. The van der Waals surface area contributed by atoms with Crippen molar-refractivity contribution in [3.05, 3.63) is 52.3 Å². The SMILES string of the molecule is CNCc1cc(Cl)ccc1Oc1cncc(Cl)c1. The molecule has 0 fully saturated rings. The number of halogens is 2. The standard InChI is InChI=1S/C13H12Cl2N2O/c1-16-6-9-4-10(14)2-3-13(9)18-12-5-11(15)7-17-8-12/h2-5,7-8,16H,6H2,1H3. The first-order chi connectivity index (χ1) is 8.69. The molecule has 1 heterocycles. The molecule has 0 saturated heterocycles. The van der Waals surface area contributed by atoms with Crippen LogP contribution < -0.4 is 10.1 Å². The first-order valence-electron chi connectivity index (χ1n) is 5.40. The molecule has 0 aliphatic heterocycles. The number of hydrogen-bond acceptors (Lipinski definition) is 3. The molecule has 0 saturated carbocycles. The van der Waals surface area contributed by atoms with Crippen LogP contribution in [0.25, 0.3) is 0 Å². The van der Waals surface area contributed by atoms with E-state index in [-0.39, 0.29) is 0 Å². The van der Waals surface area contributed by atoms with E-state index in [2.05, 4.69) is 10.3 Å². The number of benzene rings is 1. The summed E-state index contributed by atoms with van der Waals surface area (Å²) in [4.78, 5) is 3.97. The van der Waals surface area contributed by atoms with E-state index in [1.807, 2.05) is 19.2 Å². The molecule has 5 heteroatoms. The molecule has 0 bridgehead atoms. The lowest BCUT2D eigenvalue weighted by Crippen LogP contribution is -2.06. The van der Waals surface area contributed by atoms with Gasteiger partial charge in [0.25, 0.3) is 0 Å². The summed E-state index contributed by atoms with van der Waals surface area (Å²) in [5.74, 6) is 1.33. The molecule has 0 atom stereocenters. The molecule has 1 aromatic heterocycles. The van der Waals surface area contributed by atoms with Gasteiger partial charge in [-0.2, -0.15) is 0 Å². The van der Waals surface area contributed by atoms with E-state index >= 15 is 0 Å². The van der Waals surface area contributed by atoms with E-state index < -0.39 is 0 Å². The number of hydrogen-bond donors (Lipinski definition) is 1. The maximum absolute atomic E-state index is 5.96. The largest absolute Gasteiger partial charge is 0.455 e. The third-order valence-corrected chi connectivity index (χ3v) is 2.74. The Balaban J connectivity index is 2.28. The molecule has 1 N–H and O–H groups in total. The van der Waals surface area contributed by atoms with E-state index in [0.29, 0.717) is 22.3 Å². The molecule has 3 nitrogen and oxygen atoms in total. The predicted molar refractivity (Wildman–Crippen MR) is 73.5 cm³/mol. The van der Waals surface area contributed by atoms with Gasteiger partial charge in [-0.25, -0.2) is 0 Å². The van der Waals surface area contributed by atoms with E-state index in [9.17, 15) is 0 Å². The number of rotatable bonds is 4. The lowest BCUT2D eigenvalue weighted by atomic mass is 10.2. The number of ether oxygens (including phenoxy) is 1. The second-order valence-corrected chi connectivity index (χ2v) is 4.60. The molecule has 0 spiro atoms. The Bertz CT molecular complexity index is 546. The van der Waals surface area contributed by atoms with Crippen LogP contribution in [0, 0.1) is 0 Å². The van der Waals surface area contributed by atoms with Gasteiger partial charge in [-0.3, -0.25) is 4.98 Å². The second kappa shape index (κ2) is 6.05. The van der Waals surface area contributed by atoms with Gasteiger partial charge in [0.05, 0.1) is 11.2 Å². The molecule has 18 heavy (non-hydrogen) atoms. The van der Waals surface area contributed by atoms with Crippen molar-refractivity contribution in [1.82, 2.24) is 10.3 Å². The molecule has 94 valence electrons. The Morgan fingerprint density at radius 3 is 2.72 bits per heavy atom. The van der Waals surface area contributed by atoms with Gasteiger partial charge in [0, 0.05) is 29.4 Å². The Morgan fingerprint density at radius 1 is 1.17 bits per heavy atom. The van der Waals surface area contributed by atoms with Crippen molar-refractivity contribution in [2.45, 2.75) is 6.54 Å². The monoisotopic (exact) mass is 282 g/mol. The summed E-state index contributed by atoms with van der Waals surface area (Å²) >= 11 is 11.8. The first-order valence-corrected chi connectivity index (χ1v) is 6.16. The van der Waals surface area contributed by atoms with Crippen LogP contribution in [-0.2, 0) is 6.54 Å². The van der Waals surface area contributed by atoms with Crippen LogP contribution in [0.3, 0.4) is 0 Å². The van der Waals surface area contributed by atoms with Crippen LogP contribution in [0.15, 0.2) is 36.7 Å². The fraction of sp³-hybridized carbons (Fsp3) is 0.154. The van der Waals surface area contributed by atoms with E-state index in [4.69, 9.17) is 27.9 Å². The summed E-state index contributed by atoms with van der Waals surface area (Å²) in [7, 11) is 1.87. The van der Waals surface area contributed by atoms with Crippen molar-refractivity contribution >= 4 is 23.2 Å². The summed E-state index contributed by atoms with van der Waals surface area (Å²) < 4.78 is 5.75. The first kappa shape index (κ1) is 13.1. The number of nitrogens with one attached hydrogen (secondary N) is 1. The van der Waals surface area contributed by atoms with Crippen molar-refractivity contribution in [2.75, 3.05) is 7.05 Å². The molecule has 0 unspecified atom stereocenters. The van der Waals surface area contributed by atoms with Gasteiger partial charge in [-0.05, 0) is 25.2 Å². The zero-order valence-corrected chi connectivity index (χ0v) is 11.3. The number of pyridine rings is 1. The summed E-state index contributed by atoms with van der Waals surface area (Å²) in [5, 5.41) is 4.28. The molecule has 0 amide bonds. The summed E-state index contributed by atoms with van der Waals surface area (Å²) in [6, 6.07) is 7.20. The molecular weight excluding hydrogens is 271 g/mol. The van der Waals surface area contributed by atoms with Crippen LogP contribution in [0.2, 0.25) is 10.0 Å². The van der Waals surface area contributed by atoms with Crippen LogP contribution >= 0.6 is 23.2 Å². The summed E-state index contributed by atoms with van der Waals surface area (Å²) in [5.41, 5.74) is 0.977. The Hall–Kier alpha value is -1.29. The Labute approximate surface area is 116 Å². The van der Waals surface area contributed by atoms with Crippen molar-refractivity contribution in [2.24, 2.45) is 0 Å². The highest BCUT2D eigenvalue weighted by Crippen LogP contribution is 2.28. The highest BCUT2D eigenvalue weighted by Gasteiger charge is 2.06. The minimum Gasteiger partial charge on any atom is -0.455 e.